The van der Waals surface area contributed by atoms with Crippen LogP contribution in [0.25, 0.3) is 0 Å². The third kappa shape index (κ3) is 7.06. The SMILES string of the molecule is COc1cc(/C=N\NC(=O)COc2ccc(C(C)(C)C)cc2)ccc1OC(F)F. The van der Waals surface area contributed by atoms with Crippen molar-refractivity contribution in [1.29, 1.82) is 0 Å². The molecule has 29 heavy (non-hydrogen) atoms. The number of carbonyl (C=O) groups is 1. The first-order valence-corrected chi connectivity index (χ1v) is 8.87. The Morgan fingerprint density at radius 2 is 1.83 bits per heavy atom. The topological polar surface area (TPSA) is 69.2 Å². The number of methoxy groups -OCH3 is 1. The van der Waals surface area contributed by atoms with Crippen LogP contribution in [0.3, 0.4) is 0 Å². The van der Waals surface area contributed by atoms with E-state index in [1.807, 2.05) is 24.3 Å². The highest BCUT2D eigenvalue weighted by Gasteiger charge is 2.13. The Morgan fingerprint density at radius 1 is 1.14 bits per heavy atom. The number of hydrazone groups is 1. The summed E-state index contributed by atoms with van der Waals surface area (Å²) < 4.78 is 39.4. The van der Waals surface area contributed by atoms with E-state index in [0.29, 0.717) is 11.3 Å². The first-order chi connectivity index (χ1) is 13.7. The number of nitrogens with one attached hydrogen (secondary N) is 1. The van der Waals surface area contributed by atoms with E-state index < -0.39 is 12.5 Å². The highest BCUT2D eigenvalue weighted by molar-refractivity contribution is 5.83. The summed E-state index contributed by atoms with van der Waals surface area (Å²) in [6, 6.07) is 11.8. The molecule has 0 spiro atoms. The van der Waals surface area contributed by atoms with E-state index in [4.69, 9.17) is 9.47 Å². The highest BCUT2D eigenvalue weighted by atomic mass is 19.3. The number of ether oxygens (including phenoxy) is 3. The zero-order valence-corrected chi connectivity index (χ0v) is 16.7. The minimum Gasteiger partial charge on any atom is -0.493 e. The molecule has 0 aliphatic carbocycles. The van der Waals surface area contributed by atoms with Crippen molar-refractivity contribution in [3.63, 3.8) is 0 Å². The monoisotopic (exact) mass is 406 g/mol. The molecule has 156 valence electrons. The van der Waals surface area contributed by atoms with Crippen LogP contribution in [0.15, 0.2) is 47.6 Å². The molecule has 2 aromatic carbocycles. The van der Waals surface area contributed by atoms with Crippen molar-refractivity contribution in [2.75, 3.05) is 13.7 Å². The summed E-state index contributed by atoms with van der Waals surface area (Å²) in [7, 11) is 1.34. The number of benzene rings is 2. The molecular formula is C21H24F2N2O4. The number of alkyl halides is 2. The van der Waals surface area contributed by atoms with Gasteiger partial charge in [0.25, 0.3) is 5.91 Å². The molecule has 6 nitrogen and oxygen atoms in total. The third-order valence-corrected chi connectivity index (χ3v) is 3.90. The molecule has 2 aromatic rings. The van der Waals surface area contributed by atoms with E-state index in [2.05, 4.69) is 36.0 Å². The van der Waals surface area contributed by atoms with Gasteiger partial charge in [-0.25, -0.2) is 5.43 Å². The summed E-state index contributed by atoms with van der Waals surface area (Å²) in [5, 5.41) is 3.82. The second kappa shape index (κ2) is 9.86. The van der Waals surface area contributed by atoms with Gasteiger partial charge in [-0.05, 0) is 46.9 Å². The lowest BCUT2D eigenvalue weighted by Crippen LogP contribution is -2.24. The maximum Gasteiger partial charge on any atom is 0.387 e. The second-order valence-corrected chi connectivity index (χ2v) is 7.15. The number of nitrogens with zero attached hydrogens (tertiary/aromatic N) is 1. The number of halogens is 2. The molecule has 0 fully saturated rings. The van der Waals surface area contributed by atoms with Crippen LogP contribution in [0.4, 0.5) is 8.78 Å². The molecule has 2 rings (SSSR count). The molecule has 0 unspecified atom stereocenters. The van der Waals surface area contributed by atoms with Crippen LogP contribution in [0.5, 0.6) is 17.2 Å². The first-order valence-electron chi connectivity index (χ1n) is 8.87. The molecule has 0 atom stereocenters. The lowest BCUT2D eigenvalue weighted by atomic mass is 9.87. The maximum atomic E-state index is 12.3. The smallest absolute Gasteiger partial charge is 0.387 e. The van der Waals surface area contributed by atoms with Gasteiger partial charge < -0.3 is 14.2 Å². The van der Waals surface area contributed by atoms with E-state index in [-0.39, 0.29) is 23.5 Å². The molecule has 0 aliphatic heterocycles. The molecule has 0 saturated carbocycles. The molecule has 1 N–H and O–H groups in total. The summed E-state index contributed by atoms with van der Waals surface area (Å²) in [5.41, 5.74) is 4.07. The minimum atomic E-state index is -2.95. The molecular weight excluding hydrogens is 382 g/mol. The Kier molecular flexibility index (Phi) is 7.52. The summed E-state index contributed by atoms with van der Waals surface area (Å²) in [6.45, 7) is 3.19. The van der Waals surface area contributed by atoms with Gasteiger partial charge in [0.05, 0.1) is 13.3 Å². The number of hydrogen-bond acceptors (Lipinski definition) is 5. The van der Waals surface area contributed by atoms with E-state index in [0.717, 1.165) is 0 Å². The summed E-state index contributed by atoms with van der Waals surface area (Å²) in [4.78, 5) is 11.9. The van der Waals surface area contributed by atoms with Gasteiger partial charge in [0, 0.05) is 0 Å². The van der Waals surface area contributed by atoms with E-state index in [1.165, 1.54) is 37.1 Å². The van der Waals surface area contributed by atoms with Crippen molar-refractivity contribution in [2.24, 2.45) is 5.10 Å². The molecule has 0 heterocycles. The normalized spacial score (nSPS) is 11.6. The van der Waals surface area contributed by atoms with Crippen LogP contribution >= 0.6 is 0 Å². The average molecular weight is 406 g/mol. The van der Waals surface area contributed by atoms with E-state index in [1.54, 1.807) is 0 Å². The molecule has 0 aliphatic rings. The van der Waals surface area contributed by atoms with Crippen LogP contribution in [0.2, 0.25) is 0 Å². The molecule has 0 bridgehead atoms. The predicted octanol–water partition coefficient (Wildman–Crippen LogP) is 4.12. The van der Waals surface area contributed by atoms with Gasteiger partial charge in [-0.2, -0.15) is 13.9 Å². The molecule has 8 heteroatoms. The van der Waals surface area contributed by atoms with E-state index >= 15 is 0 Å². The van der Waals surface area contributed by atoms with Crippen molar-refractivity contribution in [3.8, 4) is 17.2 Å². The summed E-state index contributed by atoms with van der Waals surface area (Å²) in [5.74, 6) is 0.180. The lowest BCUT2D eigenvalue weighted by molar-refractivity contribution is -0.123. The zero-order valence-electron chi connectivity index (χ0n) is 16.7. The van der Waals surface area contributed by atoms with Crippen molar-refractivity contribution >= 4 is 12.1 Å². The van der Waals surface area contributed by atoms with Crippen LogP contribution in [0.1, 0.15) is 31.9 Å². The highest BCUT2D eigenvalue weighted by Crippen LogP contribution is 2.29. The van der Waals surface area contributed by atoms with Crippen molar-refractivity contribution in [3.05, 3.63) is 53.6 Å². The number of rotatable bonds is 8. The van der Waals surface area contributed by atoms with Crippen LogP contribution in [-0.4, -0.2) is 32.4 Å². The second-order valence-electron chi connectivity index (χ2n) is 7.15. The van der Waals surface area contributed by atoms with Gasteiger partial charge in [0.2, 0.25) is 0 Å². The van der Waals surface area contributed by atoms with Crippen LogP contribution in [0, 0.1) is 0 Å². The number of amides is 1. The van der Waals surface area contributed by atoms with Gasteiger partial charge in [-0.15, -0.1) is 0 Å². The number of hydrogen-bond donors (Lipinski definition) is 1. The fourth-order valence-corrected chi connectivity index (χ4v) is 2.37. The van der Waals surface area contributed by atoms with Crippen molar-refractivity contribution in [2.45, 2.75) is 32.8 Å². The summed E-state index contributed by atoms with van der Waals surface area (Å²) >= 11 is 0. The maximum absolute atomic E-state index is 12.3. The van der Waals surface area contributed by atoms with Gasteiger partial charge in [0.15, 0.2) is 18.1 Å². The third-order valence-electron chi connectivity index (χ3n) is 3.90. The first kappa shape index (κ1) is 22.1. The van der Waals surface area contributed by atoms with Gasteiger partial charge >= 0.3 is 6.61 Å². The Labute approximate surface area is 168 Å². The predicted molar refractivity (Wildman–Crippen MR) is 106 cm³/mol. The van der Waals surface area contributed by atoms with Gasteiger partial charge in [-0.1, -0.05) is 32.9 Å². The zero-order chi connectivity index (χ0) is 21.4. The van der Waals surface area contributed by atoms with Crippen LogP contribution < -0.4 is 19.6 Å². The largest absolute Gasteiger partial charge is 0.493 e. The molecule has 0 radical (unpaired) electrons. The number of carbonyl (C=O) groups excluding carboxylic acids is 1. The quantitative estimate of drug-likeness (QED) is 0.529. The molecule has 0 aromatic heterocycles. The Morgan fingerprint density at radius 3 is 2.41 bits per heavy atom. The van der Waals surface area contributed by atoms with Crippen molar-refractivity contribution < 1.29 is 27.8 Å². The van der Waals surface area contributed by atoms with Gasteiger partial charge in [-0.3, -0.25) is 4.79 Å². The fourth-order valence-electron chi connectivity index (χ4n) is 2.37. The molecule has 0 saturated heterocycles. The van der Waals surface area contributed by atoms with Gasteiger partial charge in [0.1, 0.15) is 5.75 Å². The van der Waals surface area contributed by atoms with E-state index in [9.17, 15) is 13.6 Å². The Balaban J connectivity index is 1.86. The minimum absolute atomic E-state index is 0.0388. The van der Waals surface area contributed by atoms with Crippen LogP contribution in [-0.2, 0) is 10.2 Å². The standard InChI is InChI=1S/C21H24F2N2O4/c1-21(2,3)15-6-8-16(9-7-15)28-13-19(26)25-24-12-14-5-10-17(29-20(22)23)18(11-14)27-4/h5-12,20H,13H2,1-4H3,(H,25,26)/b24-12-. The Hall–Kier alpha value is -3.16. The fraction of sp³-hybridized carbons (Fsp3) is 0.333. The summed E-state index contributed by atoms with van der Waals surface area (Å²) in [6.07, 6.45) is 1.35. The average Bonchev–Trinajstić information content (AvgIpc) is 2.66. The Bertz CT molecular complexity index is 847. The lowest BCUT2D eigenvalue weighted by Gasteiger charge is -2.19. The molecule has 1 amide bonds. The van der Waals surface area contributed by atoms with Crippen molar-refractivity contribution in [1.82, 2.24) is 5.43 Å².